The molecule has 0 bridgehead atoms. The quantitative estimate of drug-likeness (QED) is 0.203. The van der Waals surface area contributed by atoms with Crippen LogP contribution in [0.2, 0.25) is 0 Å². The van der Waals surface area contributed by atoms with Crippen molar-refractivity contribution < 1.29 is 13.5 Å². The van der Waals surface area contributed by atoms with E-state index in [4.69, 9.17) is 15.7 Å². The third kappa shape index (κ3) is 4.41. The van der Waals surface area contributed by atoms with Crippen LogP contribution in [0.4, 0.5) is 8.78 Å². The lowest BCUT2D eigenvalue weighted by Gasteiger charge is -2.41. The van der Waals surface area contributed by atoms with Crippen molar-refractivity contribution in [2.45, 2.75) is 38.2 Å². The Morgan fingerprint density at radius 2 is 2.00 bits per heavy atom. The first-order valence-electron chi connectivity index (χ1n) is 8.68. The van der Waals surface area contributed by atoms with Gasteiger partial charge in [-0.25, -0.2) is 5.43 Å². The Labute approximate surface area is 170 Å². The first kappa shape index (κ1) is 22.0. The van der Waals surface area contributed by atoms with Gasteiger partial charge >= 0.3 is 5.92 Å². The van der Waals surface area contributed by atoms with Gasteiger partial charge in [0.25, 0.3) is 0 Å². The Hall–Kier alpha value is -2.26. The Morgan fingerprint density at radius 3 is 2.57 bits per heavy atom. The highest BCUT2D eigenvalue weighted by Crippen LogP contribution is 2.50. The molecule has 150 valence electrons. The van der Waals surface area contributed by atoms with E-state index in [2.05, 4.69) is 31.6 Å². The van der Waals surface area contributed by atoms with Crippen molar-refractivity contribution in [3.63, 3.8) is 0 Å². The zero-order valence-corrected chi connectivity index (χ0v) is 17.2. The van der Waals surface area contributed by atoms with Crippen molar-refractivity contribution in [2.24, 2.45) is 5.22 Å². The normalized spacial score (nSPS) is 13.6. The summed E-state index contributed by atoms with van der Waals surface area (Å²) in [6.07, 6.45) is 1.31. The summed E-state index contributed by atoms with van der Waals surface area (Å²) in [6, 6.07) is 9.42. The molecule has 28 heavy (non-hydrogen) atoms. The molecular formula is C19H22BrF2N5O. The van der Waals surface area contributed by atoms with Gasteiger partial charge in [-0.1, -0.05) is 36.4 Å². The number of aromatic nitrogens is 1. The summed E-state index contributed by atoms with van der Waals surface area (Å²) in [4.78, 5) is 3.90. The standard InChI is InChI=1S/C19H22BrF2N5O/c1-3-10-28-18(11-17(23)26-27-24,15-7-5-4-6-13(15)2)19(21,22)16-9-8-14(20)12-25-16/h4-9,12H,3,10-11H2,1-2H3,(H3,23,24,26). The minimum absolute atomic E-state index is 0.0613. The summed E-state index contributed by atoms with van der Waals surface area (Å²) in [5.41, 5.74) is 7.23. The number of nitrogens with one attached hydrogen (secondary N) is 3. The predicted molar refractivity (Wildman–Crippen MR) is 106 cm³/mol. The van der Waals surface area contributed by atoms with Crippen molar-refractivity contribution in [3.05, 3.63) is 63.9 Å². The van der Waals surface area contributed by atoms with Gasteiger partial charge in [0.1, 0.15) is 11.5 Å². The minimum Gasteiger partial charge on any atom is -0.363 e. The predicted octanol–water partition coefficient (Wildman–Crippen LogP) is 5.47. The summed E-state index contributed by atoms with van der Waals surface area (Å²) >= 11 is 3.21. The monoisotopic (exact) mass is 453 g/mol. The third-order valence-corrected chi connectivity index (χ3v) is 4.77. The van der Waals surface area contributed by atoms with Crippen LogP contribution in [-0.2, 0) is 16.3 Å². The van der Waals surface area contributed by atoms with E-state index in [0.717, 1.165) is 0 Å². The smallest absolute Gasteiger partial charge is 0.322 e. The topological polar surface area (TPSA) is 94.2 Å². The van der Waals surface area contributed by atoms with Crippen molar-refractivity contribution in [1.82, 2.24) is 10.4 Å². The fourth-order valence-electron chi connectivity index (χ4n) is 3.02. The molecule has 2 rings (SSSR count). The molecule has 1 heterocycles. The minimum atomic E-state index is -3.56. The van der Waals surface area contributed by atoms with Gasteiger partial charge in [0.15, 0.2) is 5.60 Å². The van der Waals surface area contributed by atoms with Crippen LogP contribution in [0.1, 0.15) is 36.6 Å². The Balaban J connectivity index is 2.73. The van der Waals surface area contributed by atoms with E-state index in [1.165, 1.54) is 18.3 Å². The summed E-state index contributed by atoms with van der Waals surface area (Å²) in [5, 5.41) is 10.9. The molecule has 0 aliphatic heterocycles. The van der Waals surface area contributed by atoms with Gasteiger partial charge in [-0.3, -0.25) is 10.4 Å². The van der Waals surface area contributed by atoms with Gasteiger partial charge in [0.2, 0.25) is 0 Å². The average Bonchev–Trinajstić information content (AvgIpc) is 2.66. The maximum Gasteiger partial charge on any atom is 0.322 e. The molecule has 0 radical (unpaired) electrons. The Bertz CT molecular complexity index is 831. The van der Waals surface area contributed by atoms with Crippen LogP contribution in [0.15, 0.2) is 52.3 Å². The number of pyridine rings is 1. The second-order valence-electron chi connectivity index (χ2n) is 6.31. The molecule has 0 aliphatic rings. The highest BCUT2D eigenvalue weighted by Gasteiger charge is 2.59. The highest BCUT2D eigenvalue weighted by atomic mass is 79.9. The molecule has 1 unspecified atom stereocenters. The summed E-state index contributed by atoms with van der Waals surface area (Å²) in [7, 11) is 0. The van der Waals surface area contributed by atoms with Crippen molar-refractivity contribution in [1.29, 1.82) is 10.9 Å². The number of nitrogens with zero attached hydrogens (tertiary/aromatic N) is 2. The summed E-state index contributed by atoms with van der Waals surface area (Å²) in [5.74, 6) is -3.92. The van der Waals surface area contributed by atoms with Crippen molar-refractivity contribution in [3.8, 4) is 0 Å². The largest absolute Gasteiger partial charge is 0.363 e. The van der Waals surface area contributed by atoms with E-state index in [0.29, 0.717) is 16.5 Å². The molecule has 0 spiro atoms. The number of rotatable bonds is 9. The second kappa shape index (κ2) is 9.29. The summed E-state index contributed by atoms with van der Waals surface area (Å²) in [6.45, 7) is 3.60. The molecule has 0 saturated heterocycles. The molecule has 6 nitrogen and oxygen atoms in total. The van der Waals surface area contributed by atoms with Crippen LogP contribution in [0.3, 0.4) is 0 Å². The fourth-order valence-corrected chi connectivity index (χ4v) is 3.26. The maximum atomic E-state index is 16.0. The van der Waals surface area contributed by atoms with Gasteiger partial charge < -0.3 is 4.74 Å². The van der Waals surface area contributed by atoms with E-state index in [9.17, 15) is 0 Å². The lowest BCUT2D eigenvalue weighted by Crippen LogP contribution is -2.49. The number of ether oxygens (including phenoxy) is 1. The zero-order valence-electron chi connectivity index (χ0n) is 15.6. The fraction of sp³-hybridized carbons (Fsp3) is 0.368. The SMILES string of the molecule is CCCOC(CC(=N)NN=N)(c1ccccc1C)C(F)(F)c1ccc(Br)cn1. The number of alkyl halides is 2. The molecule has 0 amide bonds. The van der Waals surface area contributed by atoms with E-state index >= 15 is 8.78 Å². The van der Waals surface area contributed by atoms with E-state index < -0.39 is 23.6 Å². The third-order valence-electron chi connectivity index (χ3n) is 4.31. The van der Waals surface area contributed by atoms with E-state index in [1.807, 2.05) is 6.92 Å². The van der Waals surface area contributed by atoms with Crippen molar-refractivity contribution in [2.75, 3.05) is 6.61 Å². The molecule has 1 atom stereocenters. The molecule has 3 N–H and O–H groups in total. The summed E-state index contributed by atoms with van der Waals surface area (Å²) < 4.78 is 38.4. The molecule has 1 aromatic carbocycles. The van der Waals surface area contributed by atoms with Crippen LogP contribution in [-0.4, -0.2) is 17.4 Å². The lowest BCUT2D eigenvalue weighted by molar-refractivity contribution is -0.223. The van der Waals surface area contributed by atoms with Gasteiger partial charge in [0, 0.05) is 23.7 Å². The average molecular weight is 454 g/mol. The van der Waals surface area contributed by atoms with E-state index in [-0.39, 0.29) is 18.0 Å². The number of amidine groups is 1. The van der Waals surface area contributed by atoms with Gasteiger partial charge in [-0.05, 0) is 52.5 Å². The first-order valence-corrected chi connectivity index (χ1v) is 9.47. The number of hydrogen-bond acceptors (Lipinski definition) is 5. The molecule has 1 aromatic heterocycles. The molecular weight excluding hydrogens is 432 g/mol. The second-order valence-corrected chi connectivity index (χ2v) is 7.22. The zero-order chi connectivity index (χ0) is 20.8. The van der Waals surface area contributed by atoms with Crippen LogP contribution in [0.25, 0.3) is 0 Å². The molecule has 2 aromatic rings. The highest BCUT2D eigenvalue weighted by molar-refractivity contribution is 9.10. The Morgan fingerprint density at radius 1 is 1.29 bits per heavy atom. The number of aryl methyl sites for hydroxylation is 1. The van der Waals surface area contributed by atoms with Crippen LogP contribution in [0.5, 0.6) is 0 Å². The van der Waals surface area contributed by atoms with Crippen LogP contribution < -0.4 is 5.43 Å². The lowest BCUT2D eigenvalue weighted by atomic mass is 9.79. The molecule has 0 aliphatic carbocycles. The first-order chi connectivity index (χ1) is 13.3. The molecule has 0 fully saturated rings. The van der Waals surface area contributed by atoms with Gasteiger partial charge in [-0.15, -0.1) is 0 Å². The van der Waals surface area contributed by atoms with E-state index in [1.54, 1.807) is 31.2 Å². The van der Waals surface area contributed by atoms with Crippen LogP contribution >= 0.6 is 15.9 Å². The van der Waals surface area contributed by atoms with Gasteiger partial charge in [-0.2, -0.15) is 14.3 Å². The van der Waals surface area contributed by atoms with Crippen molar-refractivity contribution >= 4 is 21.8 Å². The maximum absolute atomic E-state index is 16.0. The van der Waals surface area contributed by atoms with Gasteiger partial charge in [0.05, 0.1) is 0 Å². The molecule has 0 saturated carbocycles. The van der Waals surface area contributed by atoms with Crippen LogP contribution in [0, 0.1) is 17.9 Å². The Kier molecular flexibility index (Phi) is 7.31. The number of hydrogen-bond donors (Lipinski definition) is 3. The number of halogens is 3. The molecule has 9 heteroatoms. The number of benzene rings is 1.